The topological polar surface area (TPSA) is 70.5 Å². The Kier molecular flexibility index (Phi) is 8.52. The van der Waals surface area contributed by atoms with E-state index in [-0.39, 0.29) is 47.6 Å². The van der Waals surface area contributed by atoms with E-state index in [1.54, 1.807) is 19.1 Å². The van der Waals surface area contributed by atoms with Crippen LogP contribution in [0.25, 0.3) is 16.8 Å². The average Bonchev–Trinajstić information content (AvgIpc) is 3.76. The first-order chi connectivity index (χ1) is 18.6. The van der Waals surface area contributed by atoms with Crippen molar-refractivity contribution in [2.75, 3.05) is 13.7 Å². The number of carbonyl (C=O) groups excluding carboxylic acids is 1. The van der Waals surface area contributed by atoms with Crippen LogP contribution in [0.15, 0.2) is 55.2 Å². The maximum atomic E-state index is 14.6. The largest absolute Gasteiger partial charge is 0.497 e. The third-order valence-electron chi connectivity index (χ3n) is 6.43. The molecule has 0 saturated heterocycles. The third-order valence-corrected chi connectivity index (χ3v) is 6.43. The molecule has 206 valence electrons. The van der Waals surface area contributed by atoms with Gasteiger partial charge in [0.05, 0.1) is 43.3 Å². The van der Waals surface area contributed by atoms with Crippen LogP contribution in [0, 0.1) is 11.7 Å². The molecule has 0 spiro atoms. The van der Waals surface area contributed by atoms with Gasteiger partial charge in [0.1, 0.15) is 29.6 Å². The van der Waals surface area contributed by atoms with E-state index in [4.69, 9.17) is 14.2 Å². The number of hydrogen-bond acceptors (Lipinski definition) is 6. The monoisotopic (exact) mass is 544 g/mol. The average molecular weight is 545 g/mol. The molecule has 1 aliphatic rings. The van der Waals surface area contributed by atoms with Crippen molar-refractivity contribution in [1.82, 2.24) is 9.97 Å². The molecule has 1 atom stereocenters. The number of aromatic nitrogens is 2. The molecule has 0 amide bonds. The maximum absolute atomic E-state index is 14.6. The zero-order valence-electron chi connectivity index (χ0n) is 21.6. The van der Waals surface area contributed by atoms with E-state index in [0.29, 0.717) is 18.3 Å². The lowest BCUT2D eigenvalue weighted by molar-refractivity contribution is -0.143. The second-order valence-electron chi connectivity index (χ2n) is 9.19. The smallest absolute Gasteiger partial charge is 0.417 e. The Morgan fingerprint density at radius 3 is 2.59 bits per heavy atom. The summed E-state index contributed by atoms with van der Waals surface area (Å²) in [5.41, 5.74) is -1.36. The molecule has 1 heterocycles. The zero-order chi connectivity index (χ0) is 28.2. The summed E-state index contributed by atoms with van der Waals surface area (Å²) in [6.07, 6.45) is -1.27. The number of carbonyl (C=O) groups is 1. The van der Waals surface area contributed by atoms with Crippen molar-refractivity contribution in [1.29, 1.82) is 0 Å². The predicted octanol–water partition coefficient (Wildman–Crippen LogP) is 6.89. The van der Waals surface area contributed by atoms with Crippen molar-refractivity contribution in [2.24, 2.45) is 5.92 Å². The highest BCUT2D eigenvalue weighted by Crippen LogP contribution is 2.45. The van der Waals surface area contributed by atoms with Crippen LogP contribution in [0.3, 0.4) is 0 Å². The lowest BCUT2D eigenvalue weighted by Gasteiger charge is -2.17. The summed E-state index contributed by atoms with van der Waals surface area (Å²) in [7, 11) is 1.36. The number of nitrogens with zero attached hydrogens (tertiary/aromatic N) is 2. The third kappa shape index (κ3) is 6.93. The van der Waals surface area contributed by atoms with Gasteiger partial charge < -0.3 is 14.2 Å². The molecule has 0 radical (unpaired) electrons. The number of esters is 1. The fraction of sp³-hybridized carbons (Fsp3) is 0.345. The molecule has 0 aliphatic heterocycles. The summed E-state index contributed by atoms with van der Waals surface area (Å²) in [5.74, 6) is 0.0396. The molecule has 0 bridgehead atoms. The van der Waals surface area contributed by atoms with E-state index in [2.05, 4.69) is 16.5 Å². The van der Waals surface area contributed by atoms with Gasteiger partial charge in [-0.25, -0.2) is 9.37 Å². The van der Waals surface area contributed by atoms with Crippen LogP contribution in [-0.4, -0.2) is 35.8 Å². The molecule has 1 unspecified atom stereocenters. The Morgan fingerprint density at radius 2 is 1.92 bits per heavy atom. The Bertz CT molecular complexity index is 1360. The molecule has 10 heteroatoms. The fourth-order valence-electron chi connectivity index (χ4n) is 4.30. The minimum atomic E-state index is -4.82. The van der Waals surface area contributed by atoms with Crippen molar-refractivity contribution in [3.63, 3.8) is 0 Å². The van der Waals surface area contributed by atoms with Gasteiger partial charge in [-0.2, -0.15) is 13.2 Å². The molecule has 2 aromatic carbocycles. The molecular formula is C29H28F4N2O4. The quantitative estimate of drug-likeness (QED) is 0.193. The summed E-state index contributed by atoms with van der Waals surface area (Å²) in [6, 6.07) is 10.9. The summed E-state index contributed by atoms with van der Waals surface area (Å²) in [4.78, 5) is 20.3. The molecule has 1 saturated carbocycles. The molecule has 3 aromatic rings. The van der Waals surface area contributed by atoms with E-state index in [1.165, 1.54) is 25.4 Å². The van der Waals surface area contributed by atoms with Gasteiger partial charge in [-0.1, -0.05) is 18.7 Å². The molecule has 0 N–H and O–H groups in total. The summed E-state index contributed by atoms with van der Waals surface area (Å²) in [6.45, 7) is 5.02. The van der Waals surface area contributed by atoms with Gasteiger partial charge in [0.2, 0.25) is 0 Å². The number of alkyl halides is 3. The van der Waals surface area contributed by atoms with E-state index in [1.807, 2.05) is 12.1 Å². The normalized spacial score (nSPS) is 14.0. The number of allylic oxidation sites excluding steroid dienone is 1. The van der Waals surface area contributed by atoms with Crippen LogP contribution in [0.1, 0.15) is 49.1 Å². The molecule has 1 aliphatic carbocycles. The molecule has 6 nitrogen and oxygen atoms in total. The van der Waals surface area contributed by atoms with Crippen molar-refractivity contribution >= 4 is 11.5 Å². The minimum Gasteiger partial charge on any atom is -0.497 e. The number of rotatable bonds is 11. The Morgan fingerprint density at radius 1 is 1.15 bits per heavy atom. The minimum absolute atomic E-state index is 0.00820. The Labute approximate surface area is 223 Å². The van der Waals surface area contributed by atoms with E-state index in [0.717, 1.165) is 24.5 Å². The zero-order valence-corrected chi connectivity index (χ0v) is 21.6. The second kappa shape index (κ2) is 11.8. The Hall–Kier alpha value is -3.95. The number of methoxy groups -OCH3 is 1. The Balaban J connectivity index is 1.59. The first-order valence-corrected chi connectivity index (χ1v) is 12.4. The van der Waals surface area contributed by atoms with Crippen LogP contribution in [-0.2, 0) is 16.1 Å². The highest BCUT2D eigenvalue weighted by molar-refractivity contribution is 5.78. The van der Waals surface area contributed by atoms with Gasteiger partial charge in [-0.3, -0.25) is 9.78 Å². The molecule has 1 aromatic heterocycles. The van der Waals surface area contributed by atoms with Crippen molar-refractivity contribution in [3.05, 3.63) is 78.0 Å². The lowest BCUT2D eigenvalue weighted by Crippen LogP contribution is -2.14. The van der Waals surface area contributed by atoms with Gasteiger partial charge in [-0.15, -0.1) is 0 Å². The van der Waals surface area contributed by atoms with E-state index in [9.17, 15) is 22.4 Å². The van der Waals surface area contributed by atoms with Crippen molar-refractivity contribution in [2.45, 2.75) is 44.9 Å². The second-order valence-corrected chi connectivity index (χ2v) is 9.19. The van der Waals surface area contributed by atoms with E-state index >= 15 is 0 Å². The van der Waals surface area contributed by atoms with Crippen LogP contribution >= 0.6 is 0 Å². The van der Waals surface area contributed by atoms with Gasteiger partial charge in [-0.05, 0) is 67.5 Å². The highest BCUT2D eigenvalue weighted by atomic mass is 19.4. The standard InChI is InChI=1S/C29H28F4N2O4/c1-4-38-26(36)14-23(18-8-9-18)19-6-5-7-22(12-19)39-16-20-15-34-28(27(35-20)17(2)29(31,32)33)24-13-21(37-3)10-11-25(24)30/h5-7,10-13,15,18,23H,2,4,8-9,14,16H2,1,3H3. The van der Waals surface area contributed by atoms with Gasteiger partial charge in [0, 0.05) is 5.56 Å². The SMILES string of the molecule is C=C(c1nc(COc2cccc(C(CC(=O)OCC)C3CC3)c2)cnc1-c1cc(OC)ccc1F)C(F)(F)F. The highest BCUT2D eigenvalue weighted by Gasteiger charge is 2.37. The van der Waals surface area contributed by atoms with Crippen LogP contribution in [0.2, 0.25) is 0 Å². The van der Waals surface area contributed by atoms with Gasteiger partial charge >= 0.3 is 12.1 Å². The summed E-state index contributed by atoms with van der Waals surface area (Å²) < 4.78 is 71.6. The van der Waals surface area contributed by atoms with Gasteiger partial charge in [0.25, 0.3) is 0 Å². The van der Waals surface area contributed by atoms with Crippen molar-refractivity contribution < 1.29 is 36.6 Å². The number of ether oxygens (including phenoxy) is 3. The fourth-order valence-corrected chi connectivity index (χ4v) is 4.30. The van der Waals surface area contributed by atoms with Crippen LogP contribution < -0.4 is 9.47 Å². The van der Waals surface area contributed by atoms with Crippen molar-refractivity contribution in [3.8, 4) is 22.8 Å². The lowest BCUT2D eigenvalue weighted by atomic mass is 9.91. The number of hydrogen-bond donors (Lipinski definition) is 0. The molecule has 4 rings (SSSR count). The van der Waals surface area contributed by atoms with Crippen LogP contribution in [0.4, 0.5) is 17.6 Å². The number of halogens is 4. The molecule has 39 heavy (non-hydrogen) atoms. The first kappa shape index (κ1) is 28.1. The van der Waals surface area contributed by atoms with E-state index < -0.39 is 23.3 Å². The molecular weight excluding hydrogens is 516 g/mol. The maximum Gasteiger partial charge on any atom is 0.417 e. The first-order valence-electron chi connectivity index (χ1n) is 12.4. The predicted molar refractivity (Wildman–Crippen MR) is 137 cm³/mol. The molecule has 1 fully saturated rings. The number of benzene rings is 2. The summed E-state index contributed by atoms with van der Waals surface area (Å²) in [5, 5.41) is 0. The van der Waals surface area contributed by atoms with Crippen LogP contribution in [0.5, 0.6) is 11.5 Å². The van der Waals surface area contributed by atoms with Gasteiger partial charge in [0.15, 0.2) is 0 Å². The summed E-state index contributed by atoms with van der Waals surface area (Å²) >= 11 is 0.